The summed E-state index contributed by atoms with van der Waals surface area (Å²) in [5, 5.41) is 3.81. The van der Waals surface area contributed by atoms with Gasteiger partial charge < -0.3 is 9.42 Å². The first-order chi connectivity index (χ1) is 11.2. The van der Waals surface area contributed by atoms with Crippen molar-refractivity contribution >= 4 is 5.95 Å². The van der Waals surface area contributed by atoms with Crippen LogP contribution in [0.4, 0.5) is 5.95 Å². The summed E-state index contributed by atoms with van der Waals surface area (Å²) in [6.07, 6.45) is 2.29. The molecule has 1 aliphatic carbocycles. The van der Waals surface area contributed by atoms with Gasteiger partial charge in [-0.25, -0.2) is 4.98 Å². The van der Waals surface area contributed by atoms with Crippen molar-refractivity contribution in [2.45, 2.75) is 32.2 Å². The fourth-order valence-corrected chi connectivity index (χ4v) is 2.91. The largest absolute Gasteiger partial charge is 0.340 e. The highest BCUT2D eigenvalue weighted by Crippen LogP contribution is 2.38. The SMILES string of the molecule is Cc1noc(CN2CCN(c3nc(C4CC4)cc(=O)[nH]3)CC2)n1. The van der Waals surface area contributed by atoms with Gasteiger partial charge in [-0.3, -0.25) is 14.7 Å². The van der Waals surface area contributed by atoms with Gasteiger partial charge in [0.2, 0.25) is 11.8 Å². The Hall–Kier alpha value is -2.22. The number of nitrogens with one attached hydrogen (secondary N) is 1. The molecule has 23 heavy (non-hydrogen) atoms. The van der Waals surface area contributed by atoms with E-state index >= 15 is 0 Å². The van der Waals surface area contributed by atoms with Gasteiger partial charge in [0.1, 0.15) is 0 Å². The van der Waals surface area contributed by atoms with Crippen LogP contribution < -0.4 is 10.5 Å². The summed E-state index contributed by atoms with van der Waals surface area (Å²) in [4.78, 5) is 28.0. The molecule has 1 N–H and O–H groups in total. The van der Waals surface area contributed by atoms with Gasteiger partial charge in [0.05, 0.1) is 12.2 Å². The van der Waals surface area contributed by atoms with Crippen LogP contribution in [0.5, 0.6) is 0 Å². The van der Waals surface area contributed by atoms with Crippen LogP contribution in [-0.2, 0) is 6.54 Å². The van der Waals surface area contributed by atoms with Crippen molar-refractivity contribution in [2.75, 3.05) is 31.1 Å². The fourth-order valence-electron chi connectivity index (χ4n) is 2.91. The summed E-state index contributed by atoms with van der Waals surface area (Å²) in [5.41, 5.74) is 0.883. The topological polar surface area (TPSA) is 91.2 Å². The van der Waals surface area contributed by atoms with E-state index in [0.717, 1.165) is 44.7 Å². The summed E-state index contributed by atoms with van der Waals surface area (Å²) in [7, 11) is 0. The monoisotopic (exact) mass is 316 g/mol. The molecule has 0 spiro atoms. The van der Waals surface area contributed by atoms with E-state index in [-0.39, 0.29) is 5.56 Å². The molecule has 1 saturated heterocycles. The van der Waals surface area contributed by atoms with E-state index in [0.29, 0.717) is 30.1 Å². The molecule has 1 aliphatic heterocycles. The summed E-state index contributed by atoms with van der Waals surface area (Å²) >= 11 is 0. The van der Waals surface area contributed by atoms with Gasteiger partial charge in [-0.2, -0.15) is 4.98 Å². The van der Waals surface area contributed by atoms with Gasteiger partial charge >= 0.3 is 0 Å². The van der Waals surface area contributed by atoms with Gasteiger partial charge in [-0.05, 0) is 19.8 Å². The van der Waals surface area contributed by atoms with Crippen molar-refractivity contribution in [1.29, 1.82) is 0 Å². The molecular weight excluding hydrogens is 296 g/mol. The van der Waals surface area contributed by atoms with Crippen molar-refractivity contribution in [3.05, 3.63) is 33.8 Å². The molecule has 0 amide bonds. The Labute approximate surface area is 133 Å². The maximum atomic E-state index is 11.8. The van der Waals surface area contributed by atoms with Crippen molar-refractivity contribution in [1.82, 2.24) is 25.0 Å². The minimum atomic E-state index is -0.0549. The van der Waals surface area contributed by atoms with E-state index in [1.807, 2.05) is 6.92 Å². The average molecular weight is 316 g/mol. The molecule has 3 heterocycles. The lowest BCUT2D eigenvalue weighted by Gasteiger charge is -2.34. The molecule has 1 saturated carbocycles. The molecule has 0 aromatic carbocycles. The van der Waals surface area contributed by atoms with Crippen molar-refractivity contribution in [2.24, 2.45) is 0 Å². The molecule has 122 valence electrons. The number of H-pyrrole nitrogens is 1. The number of anilines is 1. The van der Waals surface area contributed by atoms with Crippen LogP contribution in [0.25, 0.3) is 0 Å². The number of aromatic nitrogens is 4. The number of nitrogens with zero attached hydrogens (tertiary/aromatic N) is 5. The minimum Gasteiger partial charge on any atom is -0.340 e. The first-order valence-electron chi connectivity index (χ1n) is 8.05. The van der Waals surface area contributed by atoms with Gasteiger partial charge in [-0.1, -0.05) is 5.16 Å². The Morgan fingerprint density at radius 3 is 2.70 bits per heavy atom. The molecule has 8 nitrogen and oxygen atoms in total. The Morgan fingerprint density at radius 1 is 1.26 bits per heavy atom. The van der Waals surface area contributed by atoms with Crippen molar-refractivity contribution in [3.63, 3.8) is 0 Å². The average Bonchev–Trinajstić information content (AvgIpc) is 3.31. The zero-order valence-electron chi connectivity index (χ0n) is 13.2. The van der Waals surface area contributed by atoms with Crippen molar-refractivity contribution < 1.29 is 4.52 Å². The Kier molecular flexibility index (Phi) is 3.60. The summed E-state index contributed by atoms with van der Waals surface area (Å²) < 4.78 is 5.17. The van der Waals surface area contributed by atoms with Crippen LogP contribution in [-0.4, -0.2) is 51.2 Å². The quantitative estimate of drug-likeness (QED) is 0.886. The highest BCUT2D eigenvalue weighted by atomic mass is 16.5. The van der Waals surface area contributed by atoms with Crippen LogP contribution in [0.3, 0.4) is 0 Å². The second kappa shape index (κ2) is 5.77. The molecular formula is C15H20N6O2. The Bertz CT molecular complexity index is 742. The number of aromatic amines is 1. The lowest BCUT2D eigenvalue weighted by molar-refractivity contribution is 0.214. The van der Waals surface area contributed by atoms with E-state index in [1.54, 1.807) is 6.07 Å². The number of hydrogen-bond acceptors (Lipinski definition) is 7. The maximum absolute atomic E-state index is 11.8. The molecule has 0 bridgehead atoms. The zero-order valence-corrected chi connectivity index (χ0v) is 13.2. The van der Waals surface area contributed by atoms with E-state index < -0.39 is 0 Å². The van der Waals surface area contributed by atoms with E-state index in [2.05, 4.69) is 29.9 Å². The first kappa shape index (κ1) is 14.4. The van der Waals surface area contributed by atoms with Gasteiger partial charge in [0.15, 0.2) is 5.82 Å². The zero-order chi connectivity index (χ0) is 15.8. The molecule has 0 atom stereocenters. The van der Waals surface area contributed by atoms with E-state index in [4.69, 9.17) is 4.52 Å². The molecule has 2 aromatic heterocycles. The molecule has 8 heteroatoms. The van der Waals surface area contributed by atoms with Gasteiger partial charge in [-0.15, -0.1) is 0 Å². The molecule has 2 aliphatic rings. The standard InChI is InChI=1S/C15H20N6O2/c1-10-16-14(23-19-10)9-20-4-6-21(7-5-20)15-17-12(11-2-3-11)8-13(22)18-15/h8,11H,2-7,9H2,1H3,(H,17,18,22). The number of aryl methyl sites for hydroxylation is 1. The van der Waals surface area contributed by atoms with Crippen LogP contribution in [0.2, 0.25) is 0 Å². The van der Waals surface area contributed by atoms with Crippen LogP contribution >= 0.6 is 0 Å². The predicted molar refractivity (Wildman–Crippen MR) is 83.4 cm³/mol. The summed E-state index contributed by atoms with van der Waals surface area (Å²) in [5.74, 6) is 2.50. The van der Waals surface area contributed by atoms with Crippen LogP contribution in [0.15, 0.2) is 15.4 Å². The summed E-state index contributed by atoms with van der Waals surface area (Å²) in [6, 6.07) is 1.63. The Balaban J connectivity index is 1.40. The van der Waals surface area contributed by atoms with Crippen LogP contribution in [0, 0.1) is 6.92 Å². The molecule has 0 radical (unpaired) electrons. The first-order valence-corrected chi connectivity index (χ1v) is 8.05. The molecule has 2 fully saturated rings. The van der Waals surface area contributed by atoms with Gasteiger partial charge in [0, 0.05) is 38.2 Å². The van der Waals surface area contributed by atoms with Gasteiger partial charge in [0.25, 0.3) is 5.56 Å². The number of piperazine rings is 1. The van der Waals surface area contributed by atoms with E-state index in [9.17, 15) is 4.79 Å². The number of rotatable bonds is 4. The molecule has 0 unspecified atom stereocenters. The third-order valence-corrected chi connectivity index (χ3v) is 4.34. The normalized spacial score (nSPS) is 19.3. The number of hydrogen-bond donors (Lipinski definition) is 1. The third kappa shape index (κ3) is 3.26. The lowest BCUT2D eigenvalue weighted by atomic mass is 10.3. The molecule has 2 aromatic rings. The maximum Gasteiger partial charge on any atom is 0.252 e. The third-order valence-electron chi connectivity index (χ3n) is 4.34. The highest BCUT2D eigenvalue weighted by molar-refractivity contribution is 5.32. The lowest BCUT2D eigenvalue weighted by Crippen LogP contribution is -2.47. The van der Waals surface area contributed by atoms with Crippen LogP contribution in [0.1, 0.15) is 36.2 Å². The highest BCUT2D eigenvalue weighted by Gasteiger charge is 2.27. The smallest absolute Gasteiger partial charge is 0.252 e. The van der Waals surface area contributed by atoms with E-state index in [1.165, 1.54) is 0 Å². The minimum absolute atomic E-state index is 0.0549. The van der Waals surface area contributed by atoms with Crippen molar-refractivity contribution in [3.8, 4) is 0 Å². The second-order valence-corrected chi connectivity index (χ2v) is 6.27. The fraction of sp³-hybridized carbons (Fsp3) is 0.600. The second-order valence-electron chi connectivity index (χ2n) is 6.27. The molecule has 4 rings (SSSR count). The summed E-state index contributed by atoms with van der Waals surface area (Å²) in [6.45, 7) is 5.88. The Morgan fingerprint density at radius 2 is 2.04 bits per heavy atom. The predicted octanol–water partition coefficient (Wildman–Crippen LogP) is 0.661.